The zero-order valence-corrected chi connectivity index (χ0v) is 11.9. The minimum absolute atomic E-state index is 0.00144. The number of carbonyl (C=O) groups excluding carboxylic acids is 2. The average Bonchev–Trinajstić information content (AvgIpc) is 2.93. The summed E-state index contributed by atoms with van der Waals surface area (Å²) in [6.45, 7) is 2.81. The van der Waals surface area contributed by atoms with Crippen LogP contribution in [0.5, 0.6) is 0 Å². The Morgan fingerprint density at radius 3 is 3.10 bits per heavy atom. The normalized spacial score (nSPS) is 18.7. The highest BCUT2D eigenvalue weighted by Gasteiger charge is 2.25. The van der Waals surface area contributed by atoms with Gasteiger partial charge in [-0.3, -0.25) is 14.7 Å². The molecule has 1 aromatic carbocycles. The lowest BCUT2D eigenvalue weighted by molar-refractivity contribution is -0.120. The van der Waals surface area contributed by atoms with Gasteiger partial charge in [-0.2, -0.15) is 5.10 Å². The van der Waals surface area contributed by atoms with Gasteiger partial charge in [0.05, 0.1) is 11.7 Å². The van der Waals surface area contributed by atoms with Crippen molar-refractivity contribution in [3.63, 3.8) is 0 Å². The second-order valence-electron chi connectivity index (χ2n) is 5.46. The summed E-state index contributed by atoms with van der Waals surface area (Å²) in [5.41, 5.74) is 1.51. The van der Waals surface area contributed by atoms with E-state index in [1.54, 1.807) is 6.20 Å². The highest BCUT2D eigenvalue weighted by molar-refractivity contribution is 5.97. The van der Waals surface area contributed by atoms with Crippen LogP contribution in [0.4, 0.5) is 0 Å². The number of benzene rings is 1. The van der Waals surface area contributed by atoms with Gasteiger partial charge in [0, 0.05) is 37.0 Å². The topological polar surface area (TPSA) is 78.1 Å². The predicted molar refractivity (Wildman–Crippen MR) is 78.8 cm³/mol. The van der Waals surface area contributed by atoms with E-state index < -0.39 is 0 Å². The smallest absolute Gasteiger partial charge is 0.254 e. The number of nitrogens with one attached hydrogen (secondary N) is 2. The lowest BCUT2D eigenvalue weighted by Gasteiger charge is -2.33. The van der Waals surface area contributed by atoms with Crippen molar-refractivity contribution in [1.82, 2.24) is 20.4 Å². The van der Waals surface area contributed by atoms with Crippen LogP contribution >= 0.6 is 0 Å². The third-order valence-electron chi connectivity index (χ3n) is 3.80. The molecule has 3 rings (SSSR count). The molecule has 0 radical (unpaired) electrons. The highest BCUT2D eigenvalue weighted by Crippen LogP contribution is 2.17. The molecule has 1 fully saturated rings. The first-order valence-corrected chi connectivity index (χ1v) is 7.13. The molecule has 1 aliphatic heterocycles. The van der Waals surface area contributed by atoms with Gasteiger partial charge in [-0.05, 0) is 25.0 Å². The molecule has 1 saturated heterocycles. The average molecular weight is 286 g/mol. The minimum Gasteiger partial charge on any atom is -0.352 e. The van der Waals surface area contributed by atoms with Crippen LogP contribution < -0.4 is 5.32 Å². The van der Waals surface area contributed by atoms with Crippen molar-refractivity contribution in [1.29, 1.82) is 0 Å². The van der Waals surface area contributed by atoms with Crippen LogP contribution in [-0.2, 0) is 4.79 Å². The van der Waals surface area contributed by atoms with E-state index in [9.17, 15) is 9.59 Å². The molecule has 1 unspecified atom stereocenters. The molecule has 2 heterocycles. The maximum Gasteiger partial charge on any atom is 0.254 e. The van der Waals surface area contributed by atoms with Crippen LogP contribution in [0.15, 0.2) is 24.4 Å². The third-order valence-corrected chi connectivity index (χ3v) is 3.80. The van der Waals surface area contributed by atoms with Crippen molar-refractivity contribution < 1.29 is 9.59 Å². The Morgan fingerprint density at radius 1 is 1.43 bits per heavy atom. The molecule has 1 aromatic heterocycles. The van der Waals surface area contributed by atoms with Gasteiger partial charge < -0.3 is 10.2 Å². The number of aromatic amines is 1. The van der Waals surface area contributed by atoms with Gasteiger partial charge in [-0.15, -0.1) is 0 Å². The molecule has 1 aliphatic rings. The molecule has 0 saturated carbocycles. The Labute approximate surface area is 122 Å². The quantitative estimate of drug-likeness (QED) is 0.873. The number of amides is 2. The molecule has 110 valence electrons. The molecule has 1 atom stereocenters. The van der Waals surface area contributed by atoms with Crippen molar-refractivity contribution in [2.45, 2.75) is 25.8 Å². The van der Waals surface area contributed by atoms with Gasteiger partial charge in [0.1, 0.15) is 0 Å². The molecule has 21 heavy (non-hydrogen) atoms. The first kappa shape index (κ1) is 13.6. The molecule has 0 bridgehead atoms. The fourth-order valence-electron chi connectivity index (χ4n) is 2.82. The molecule has 2 amide bonds. The van der Waals surface area contributed by atoms with Gasteiger partial charge in [0.2, 0.25) is 5.91 Å². The zero-order chi connectivity index (χ0) is 14.8. The molecule has 2 N–H and O–H groups in total. The van der Waals surface area contributed by atoms with E-state index >= 15 is 0 Å². The minimum atomic E-state index is -0.0480. The molecule has 0 spiro atoms. The van der Waals surface area contributed by atoms with Crippen LogP contribution in [0.3, 0.4) is 0 Å². The third kappa shape index (κ3) is 2.89. The van der Waals surface area contributed by atoms with Crippen LogP contribution in [-0.4, -0.2) is 46.0 Å². The van der Waals surface area contributed by atoms with E-state index in [-0.39, 0.29) is 17.9 Å². The van der Waals surface area contributed by atoms with Crippen LogP contribution in [0, 0.1) is 0 Å². The predicted octanol–water partition coefficient (Wildman–Crippen LogP) is 1.30. The molecule has 6 nitrogen and oxygen atoms in total. The summed E-state index contributed by atoms with van der Waals surface area (Å²) in [7, 11) is 0. The van der Waals surface area contributed by atoms with Crippen molar-refractivity contribution in [3.05, 3.63) is 30.0 Å². The Kier molecular flexibility index (Phi) is 3.60. The summed E-state index contributed by atoms with van der Waals surface area (Å²) in [5.74, 6) is -0.0465. The number of aromatic nitrogens is 2. The number of likely N-dealkylation sites (tertiary alicyclic amines) is 1. The van der Waals surface area contributed by atoms with Gasteiger partial charge in [-0.25, -0.2) is 0 Å². The highest BCUT2D eigenvalue weighted by atomic mass is 16.2. The summed E-state index contributed by atoms with van der Waals surface area (Å²) >= 11 is 0. The lowest BCUT2D eigenvalue weighted by atomic mass is 10.0. The molecular weight excluding hydrogens is 268 g/mol. The fraction of sp³-hybridized carbons (Fsp3) is 0.400. The number of nitrogens with zero attached hydrogens (tertiary/aromatic N) is 2. The van der Waals surface area contributed by atoms with Gasteiger partial charge in [-0.1, -0.05) is 6.07 Å². The number of H-pyrrole nitrogens is 1. The first-order valence-electron chi connectivity index (χ1n) is 7.13. The van der Waals surface area contributed by atoms with Crippen LogP contribution in [0.25, 0.3) is 10.9 Å². The van der Waals surface area contributed by atoms with Crippen molar-refractivity contribution >= 4 is 22.7 Å². The Morgan fingerprint density at radius 2 is 2.29 bits per heavy atom. The number of piperidine rings is 1. The summed E-state index contributed by atoms with van der Waals surface area (Å²) < 4.78 is 0. The van der Waals surface area contributed by atoms with E-state index in [2.05, 4.69) is 15.5 Å². The van der Waals surface area contributed by atoms with Gasteiger partial charge in [0.25, 0.3) is 5.91 Å². The van der Waals surface area contributed by atoms with E-state index in [4.69, 9.17) is 0 Å². The van der Waals surface area contributed by atoms with Crippen LogP contribution in [0.1, 0.15) is 30.1 Å². The summed E-state index contributed by atoms with van der Waals surface area (Å²) in [4.78, 5) is 25.5. The van der Waals surface area contributed by atoms with Crippen molar-refractivity contribution in [2.75, 3.05) is 13.1 Å². The van der Waals surface area contributed by atoms with E-state index in [0.29, 0.717) is 12.1 Å². The van der Waals surface area contributed by atoms with E-state index in [0.717, 1.165) is 30.3 Å². The first-order chi connectivity index (χ1) is 10.1. The van der Waals surface area contributed by atoms with Gasteiger partial charge in [0.15, 0.2) is 0 Å². The second-order valence-corrected chi connectivity index (χ2v) is 5.46. The van der Waals surface area contributed by atoms with Crippen LogP contribution in [0.2, 0.25) is 0 Å². The largest absolute Gasteiger partial charge is 0.352 e. The summed E-state index contributed by atoms with van der Waals surface area (Å²) in [6.07, 6.45) is 3.56. The van der Waals surface area contributed by atoms with Gasteiger partial charge >= 0.3 is 0 Å². The summed E-state index contributed by atoms with van der Waals surface area (Å²) in [6, 6.07) is 5.59. The van der Waals surface area contributed by atoms with Crippen molar-refractivity contribution in [3.8, 4) is 0 Å². The molecule has 2 aromatic rings. The SMILES string of the molecule is CC(=O)NC1CCCN(C(=O)c2ccc3cn[nH]c3c2)C1. The summed E-state index contributed by atoms with van der Waals surface area (Å²) in [5, 5.41) is 10.7. The Balaban J connectivity index is 1.75. The number of rotatable bonds is 2. The maximum atomic E-state index is 12.6. The molecule has 6 heteroatoms. The van der Waals surface area contributed by atoms with E-state index in [1.165, 1.54) is 6.92 Å². The monoisotopic (exact) mass is 286 g/mol. The standard InChI is InChI=1S/C15H18N4O2/c1-10(20)17-13-3-2-6-19(9-13)15(21)11-4-5-12-8-16-18-14(12)7-11/h4-5,7-8,13H,2-3,6,9H2,1H3,(H,16,18)(H,17,20). The Hall–Kier alpha value is -2.37. The molecular formula is C15H18N4O2. The molecule has 0 aliphatic carbocycles. The number of hydrogen-bond donors (Lipinski definition) is 2. The lowest BCUT2D eigenvalue weighted by Crippen LogP contribution is -2.49. The van der Waals surface area contributed by atoms with E-state index in [1.807, 2.05) is 23.1 Å². The fourth-order valence-corrected chi connectivity index (χ4v) is 2.82. The Bertz CT molecular complexity index is 679. The maximum absolute atomic E-state index is 12.6. The van der Waals surface area contributed by atoms with Crippen molar-refractivity contribution in [2.24, 2.45) is 0 Å². The number of carbonyl (C=O) groups is 2. The zero-order valence-electron chi connectivity index (χ0n) is 11.9. The number of fused-ring (bicyclic) bond motifs is 1. The number of hydrogen-bond acceptors (Lipinski definition) is 3. The second kappa shape index (κ2) is 5.55.